The van der Waals surface area contributed by atoms with Gasteiger partial charge in [-0.3, -0.25) is 9.59 Å². The van der Waals surface area contributed by atoms with Crippen molar-refractivity contribution in [2.45, 2.75) is 19.9 Å². The lowest BCUT2D eigenvalue weighted by molar-refractivity contribution is -0.120. The molecule has 1 aromatic heterocycles. The lowest BCUT2D eigenvalue weighted by atomic mass is 10.2. The SMILES string of the molecule is CCOCC(=O)Nc1ccc(NC(=O)[C@H](C)n2cncn2)cc1. The summed E-state index contributed by atoms with van der Waals surface area (Å²) in [5.41, 5.74) is 1.27. The minimum absolute atomic E-state index is 0.0183. The minimum Gasteiger partial charge on any atom is -0.372 e. The number of hydrogen-bond acceptors (Lipinski definition) is 5. The molecule has 2 rings (SSSR count). The first kappa shape index (κ1) is 16.6. The van der Waals surface area contributed by atoms with Crippen LogP contribution >= 0.6 is 0 Å². The van der Waals surface area contributed by atoms with Gasteiger partial charge in [0.2, 0.25) is 11.8 Å². The largest absolute Gasteiger partial charge is 0.372 e. The average molecular weight is 317 g/mol. The summed E-state index contributed by atoms with van der Waals surface area (Å²) in [5, 5.41) is 9.42. The molecule has 0 aliphatic carbocycles. The van der Waals surface area contributed by atoms with Crippen LogP contribution in [-0.2, 0) is 14.3 Å². The molecule has 0 aliphatic heterocycles. The van der Waals surface area contributed by atoms with E-state index in [0.29, 0.717) is 18.0 Å². The highest BCUT2D eigenvalue weighted by Crippen LogP contribution is 2.15. The Morgan fingerprint density at radius 2 is 1.87 bits per heavy atom. The first-order valence-electron chi connectivity index (χ1n) is 7.22. The number of ether oxygens (including phenoxy) is 1. The lowest BCUT2D eigenvalue weighted by Gasteiger charge is -2.12. The topological polar surface area (TPSA) is 98.1 Å². The van der Waals surface area contributed by atoms with Gasteiger partial charge in [0.1, 0.15) is 25.3 Å². The fraction of sp³-hybridized carbons (Fsp3) is 0.333. The fourth-order valence-electron chi connectivity index (χ4n) is 1.81. The van der Waals surface area contributed by atoms with Crippen molar-refractivity contribution >= 4 is 23.2 Å². The standard InChI is InChI=1S/C15H19N5O3/c1-3-23-8-14(21)18-12-4-6-13(7-5-12)19-15(22)11(2)20-10-16-9-17-20/h4-7,9-11H,3,8H2,1-2H3,(H,18,21)(H,19,22)/t11-/m0/s1. The number of amides is 2. The van der Waals surface area contributed by atoms with Crippen LogP contribution in [0.25, 0.3) is 0 Å². The van der Waals surface area contributed by atoms with Gasteiger partial charge in [-0.15, -0.1) is 0 Å². The van der Waals surface area contributed by atoms with Crippen LogP contribution < -0.4 is 10.6 Å². The second-order valence-corrected chi connectivity index (χ2v) is 4.80. The maximum Gasteiger partial charge on any atom is 0.250 e. The third-order valence-corrected chi connectivity index (χ3v) is 3.09. The smallest absolute Gasteiger partial charge is 0.250 e. The molecule has 23 heavy (non-hydrogen) atoms. The number of rotatable bonds is 7. The Morgan fingerprint density at radius 3 is 2.43 bits per heavy atom. The molecule has 0 radical (unpaired) electrons. The third-order valence-electron chi connectivity index (χ3n) is 3.09. The molecule has 0 saturated heterocycles. The molecule has 0 bridgehead atoms. The van der Waals surface area contributed by atoms with Crippen molar-refractivity contribution in [3.8, 4) is 0 Å². The second kappa shape index (κ2) is 8.04. The summed E-state index contributed by atoms with van der Waals surface area (Å²) in [7, 11) is 0. The monoisotopic (exact) mass is 317 g/mol. The van der Waals surface area contributed by atoms with Gasteiger partial charge in [-0.2, -0.15) is 5.10 Å². The number of anilines is 2. The number of benzene rings is 1. The number of hydrogen-bond donors (Lipinski definition) is 2. The Morgan fingerprint density at radius 1 is 1.22 bits per heavy atom. The summed E-state index contributed by atoms with van der Waals surface area (Å²) in [4.78, 5) is 27.5. The highest BCUT2D eigenvalue weighted by Gasteiger charge is 2.15. The van der Waals surface area contributed by atoms with E-state index in [1.54, 1.807) is 31.2 Å². The summed E-state index contributed by atoms with van der Waals surface area (Å²) in [6, 6.07) is 6.37. The number of carbonyl (C=O) groups is 2. The van der Waals surface area contributed by atoms with Gasteiger partial charge in [-0.25, -0.2) is 9.67 Å². The first-order valence-corrected chi connectivity index (χ1v) is 7.22. The molecule has 0 saturated carbocycles. The van der Waals surface area contributed by atoms with Crippen LogP contribution in [0.2, 0.25) is 0 Å². The van der Waals surface area contributed by atoms with Crippen LogP contribution in [-0.4, -0.2) is 39.8 Å². The summed E-state index contributed by atoms with van der Waals surface area (Å²) in [6.07, 6.45) is 2.87. The van der Waals surface area contributed by atoms with Gasteiger partial charge in [-0.1, -0.05) is 0 Å². The van der Waals surface area contributed by atoms with Crippen molar-refractivity contribution in [2.24, 2.45) is 0 Å². The van der Waals surface area contributed by atoms with Crippen molar-refractivity contribution in [3.63, 3.8) is 0 Å². The third kappa shape index (κ3) is 4.89. The molecule has 122 valence electrons. The van der Waals surface area contributed by atoms with Crippen LogP contribution in [0.4, 0.5) is 11.4 Å². The molecule has 0 unspecified atom stereocenters. The Bertz CT molecular complexity index is 640. The van der Waals surface area contributed by atoms with Gasteiger partial charge in [0.25, 0.3) is 0 Å². The highest BCUT2D eigenvalue weighted by molar-refractivity contribution is 5.94. The number of aromatic nitrogens is 3. The molecule has 1 aromatic carbocycles. The van der Waals surface area contributed by atoms with E-state index >= 15 is 0 Å². The van der Waals surface area contributed by atoms with Crippen LogP contribution in [0.1, 0.15) is 19.9 Å². The van der Waals surface area contributed by atoms with Crippen molar-refractivity contribution in [1.29, 1.82) is 0 Å². The van der Waals surface area contributed by atoms with E-state index in [1.165, 1.54) is 17.3 Å². The molecule has 8 nitrogen and oxygen atoms in total. The zero-order valence-electron chi connectivity index (χ0n) is 13.0. The molecule has 2 amide bonds. The number of nitrogens with zero attached hydrogens (tertiary/aromatic N) is 3. The van der Waals surface area contributed by atoms with E-state index in [1.807, 2.05) is 6.92 Å². The van der Waals surface area contributed by atoms with Crippen molar-refractivity contribution in [1.82, 2.24) is 14.8 Å². The highest BCUT2D eigenvalue weighted by atomic mass is 16.5. The molecule has 0 aliphatic rings. The zero-order chi connectivity index (χ0) is 16.7. The quantitative estimate of drug-likeness (QED) is 0.805. The maximum atomic E-state index is 12.1. The van der Waals surface area contributed by atoms with Gasteiger partial charge in [0.15, 0.2) is 0 Å². The molecule has 2 aromatic rings. The molecule has 8 heteroatoms. The summed E-state index contributed by atoms with van der Waals surface area (Å²) < 4.78 is 6.49. The van der Waals surface area contributed by atoms with Crippen LogP contribution in [0.15, 0.2) is 36.9 Å². The van der Waals surface area contributed by atoms with Crippen LogP contribution in [0.5, 0.6) is 0 Å². The minimum atomic E-state index is -0.469. The van der Waals surface area contributed by atoms with E-state index in [0.717, 1.165) is 0 Å². The fourth-order valence-corrected chi connectivity index (χ4v) is 1.81. The van der Waals surface area contributed by atoms with E-state index in [-0.39, 0.29) is 18.4 Å². The number of nitrogens with one attached hydrogen (secondary N) is 2. The van der Waals surface area contributed by atoms with Gasteiger partial charge < -0.3 is 15.4 Å². The van der Waals surface area contributed by atoms with Crippen LogP contribution in [0, 0.1) is 0 Å². The summed E-state index contributed by atoms with van der Waals surface area (Å²) >= 11 is 0. The zero-order valence-corrected chi connectivity index (χ0v) is 13.0. The molecule has 1 atom stereocenters. The maximum absolute atomic E-state index is 12.1. The molecule has 2 N–H and O–H groups in total. The molecular weight excluding hydrogens is 298 g/mol. The molecule has 1 heterocycles. The predicted molar refractivity (Wildman–Crippen MR) is 84.9 cm³/mol. The first-order chi connectivity index (χ1) is 11.1. The van der Waals surface area contributed by atoms with E-state index in [4.69, 9.17) is 4.74 Å². The normalized spacial score (nSPS) is 11.7. The number of carbonyl (C=O) groups excluding carboxylic acids is 2. The van der Waals surface area contributed by atoms with Gasteiger partial charge >= 0.3 is 0 Å². The Hall–Kier alpha value is -2.74. The molecule has 0 spiro atoms. The lowest BCUT2D eigenvalue weighted by Crippen LogP contribution is -2.24. The Kier molecular flexibility index (Phi) is 5.81. The predicted octanol–water partition coefficient (Wildman–Crippen LogP) is 1.45. The van der Waals surface area contributed by atoms with Gasteiger partial charge in [0, 0.05) is 18.0 Å². The Labute approximate surface area is 133 Å². The molecular formula is C15H19N5O3. The Balaban J connectivity index is 1.89. The van der Waals surface area contributed by atoms with Crippen molar-refractivity contribution < 1.29 is 14.3 Å². The summed E-state index contributed by atoms with van der Waals surface area (Å²) in [5.74, 6) is -0.424. The van der Waals surface area contributed by atoms with Crippen LogP contribution in [0.3, 0.4) is 0 Å². The van der Waals surface area contributed by atoms with Gasteiger partial charge in [-0.05, 0) is 38.1 Å². The second-order valence-electron chi connectivity index (χ2n) is 4.80. The summed E-state index contributed by atoms with van der Waals surface area (Å²) in [6.45, 7) is 4.06. The van der Waals surface area contributed by atoms with E-state index in [9.17, 15) is 9.59 Å². The van der Waals surface area contributed by atoms with Crippen molar-refractivity contribution in [2.75, 3.05) is 23.8 Å². The average Bonchev–Trinajstić information content (AvgIpc) is 3.08. The van der Waals surface area contributed by atoms with E-state index < -0.39 is 6.04 Å². The molecule has 0 fully saturated rings. The van der Waals surface area contributed by atoms with Crippen molar-refractivity contribution in [3.05, 3.63) is 36.9 Å². The van der Waals surface area contributed by atoms with E-state index in [2.05, 4.69) is 20.7 Å². The van der Waals surface area contributed by atoms with Gasteiger partial charge in [0.05, 0.1) is 0 Å².